The molecule has 1 aromatic heterocycles. The second-order valence-corrected chi connectivity index (χ2v) is 7.89. The third-order valence-electron chi connectivity index (χ3n) is 3.29. The van der Waals surface area contributed by atoms with Crippen LogP contribution in [-0.2, 0) is 16.6 Å². The van der Waals surface area contributed by atoms with E-state index in [-0.39, 0.29) is 6.54 Å². The predicted molar refractivity (Wildman–Crippen MR) is 94.7 cm³/mol. The molecule has 0 bridgehead atoms. The lowest BCUT2D eigenvalue weighted by Gasteiger charge is -2.04. The smallest absolute Gasteiger partial charge is 0.209 e. The van der Waals surface area contributed by atoms with Gasteiger partial charge in [-0.15, -0.1) is 11.3 Å². The molecule has 6 heteroatoms. The molecule has 0 saturated heterocycles. The fraction of sp³-hybridized carbons (Fsp3) is 0.118. The Morgan fingerprint density at radius 1 is 1.04 bits per heavy atom. The van der Waals surface area contributed by atoms with E-state index in [1.807, 2.05) is 60.0 Å². The first-order valence-corrected chi connectivity index (χ1v) is 9.83. The number of nitrogens with zero attached hydrogens (tertiary/aromatic N) is 1. The van der Waals surface area contributed by atoms with E-state index in [1.165, 1.54) is 0 Å². The maximum atomic E-state index is 11.2. The second-order valence-electron chi connectivity index (χ2n) is 5.20. The van der Waals surface area contributed by atoms with Crippen LogP contribution in [-0.4, -0.2) is 19.7 Å². The average molecular weight is 344 g/mol. The summed E-state index contributed by atoms with van der Waals surface area (Å²) in [6.07, 6.45) is 1.16. The number of thiazole rings is 1. The lowest BCUT2D eigenvalue weighted by Crippen LogP contribution is -2.21. The highest BCUT2D eigenvalue weighted by Gasteiger charge is 2.08. The Balaban J connectivity index is 1.84. The number of aromatic nitrogens is 1. The molecule has 0 amide bonds. The SMILES string of the molecule is CS(=O)(=O)NCc1cccc(-c2nc(-c3ccccc3)cs2)c1. The van der Waals surface area contributed by atoms with E-state index < -0.39 is 10.0 Å². The molecule has 0 aliphatic heterocycles. The van der Waals surface area contributed by atoms with Crippen molar-refractivity contribution in [3.8, 4) is 21.8 Å². The van der Waals surface area contributed by atoms with Gasteiger partial charge < -0.3 is 0 Å². The molecule has 0 atom stereocenters. The summed E-state index contributed by atoms with van der Waals surface area (Å²) >= 11 is 1.58. The Kier molecular flexibility index (Phi) is 4.56. The first kappa shape index (κ1) is 15.9. The third-order valence-corrected chi connectivity index (χ3v) is 4.85. The van der Waals surface area contributed by atoms with Gasteiger partial charge in [0.2, 0.25) is 10.0 Å². The molecular weight excluding hydrogens is 328 g/mol. The molecule has 118 valence electrons. The lowest BCUT2D eigenvalue weighted by atomic mass is 10.1. The van der Waals surface area contributed by atoms with Crippen LogP contribution < -0.4 is 4.72 Å². The minimum Gasteiger partial charge on any atom is -0.236 e. The zero-order valence-corrected chi connectivity index (χ0v) is 14.2. The molecule has 0 spiro atoms. The van der Waals surface area contributed by atoms with E-state index in [1.54, 1.807) is 11.3 Å². The largest absolute Gasteiger partial charge is 0.236 e. The van der Waals surface area contributed by atoms with Gasteiger partial charge in [-0.1, -0.05) is 48.5 Å². The molecule has 4 nitrogen and oxygen atoms in total. The molecule has 3 aromatic rings. The van der Waals surface area contributed by atoms with Crippen molar-refractivity contribution < 1.29 is 8.42 Å². The predicted octanol–water partition coefficient (Wildman–Crippen LogP) is 3.53. The van der Waals surface area contributed by atoms with Crippen molar-refractivity contribution in [1.82, 2.24) is 9.71 Å². The number of hydrogen-bond acceptors (Lipinski definition) is 4. The summed E-state index contributed by atoms with van der Waals surface area (Å²) in [7, 11) is -3.19. The normalized spacial score (nSPS) is 11.5. The van der Waals surface area contributed by atoms with E-state index in [2.05, 4.69) is 9.71 Å². The fourth-order valence-electron chi connectivity index (χ4n) is 2.18. The van der Waals surface area contributed by atoms with Crippen molar-refractivity contribution in [3.63, 3.8) is 0 Å². The summed E-state index contributed by atoms with van der Waals surface area (Å²) in [6, 6.07) is 17.8. The molecule has 1 heterocycles. The third kappa shape index (κ3) is 4.25. The molecule has 0 fully saturated rings. The minimum atomic E-state index is -3.19. The van der Waals surface area contributed by atoms with Crippen molar-refractivity contribution in [2.24, 2.45) is 0 Å². The Labute approximate surface area is 139 Å². The van der Waals surface area contributed by atoms with Crippen LogP contribution in [0.25, 0.3) is 21.8 Å². The molecule has 3 rings (SSSR count). The van der Waals surface area contributed by atoms with Gasteiger partial charge in [-0.2, -0.15) is 0 Å². The number of hydrogen-bond donors (Lipinski definition) is 1. The van der Waals surface area contributed by atoms with Crippen molar-refractivity contribution >= 4 is 21.4 Å². The number of rotatable bonds is 5. The van der Waals surface area contributed by atoms with Crippen LogP contribution in [0.2, 0.25) is 0 Å². The van der Waals surface area contributed by atoms with Gasteiger partial charge in [0.1, 0.15) is 5.01 Å². The number of sulfonamides is 1. The van der Waals surface area contributed by atoms with Gasteiger partial charge in [-0.25, -0.2) is 18.1 Å². The zero-order valence-electron chi connectivity index (χ0n) is 12.6. The Morgan fingerprint density at radius 2 is 1.78 bits per heavy atom. The van der Waals surface area contributed by atoms with Gasteiger partial charge in [0.15, 0.2) is 0 Å². The first-order valence-electron chi connectivity index (χ1n) is 7.06. The summed E-state index contributed by atoms with van der Waals surface area (Å²) in [6.45, 7) is 0.281. The minimum absolute atomic E-state index is 0.281. The lowest BCUT2D eigenvalue weighted by molar-refractivity contribution is 0.587. The van der Waals surface area contributed by atoms with Gasteiger partial charge in [0, 0.05) is 23.1 Å². The van der Waals surface area contributed by atoms with Gasteiger partial charge in [0.25, 0.3) is 0 Å². The van der Waals surface area contributed by atoms with E-state index in [9.17, 15) is 8.42 Å². The summed E-state index contributed by atoms with van der Waals surface area (Å²) in [5.41, 5.74) is 3.93. The van der Waals surface area contributed by atoms with Crippen LogP contribution in [0.3, 0.4) is 0 Å². The maximum Gasteiger partial charge on any atom is 0.209 e. The van der Waals surface area contributed by atoms with Gasteiger partial charge in [-0.05, 0) is 11.6 Å². The molecular formula is C17H16N2O2S2. The van der Waals surface area contributed by atoms with Crippen LogP contribution in [0, 0.1) is 0 Å². The first-order chi connectivity index (χ1) is 11.0. The van der Waals surface area contributed by atoms with Crippen molar-refractivity contribution in [2.75, 3.05) is 6.26 Å². The summed E-state index contributed by atoms with van der Waals surface area (Å²) in [5, 5.41) is 2.96. The molecule has 0 aliphatic rings. The van der Waals surface area contributed by atoms with Crippen LogP contribution in [0.1, 0.15) is 5.56 Å². The van der Waals surface area contributed by atoms with Crippen molar-refractivity contribution in [2.45, 2.75) is 6.54 Å². The van der Waals surface area contributed by atoms with Gasteiger partial charge in [-0.3, -0.25) is 0 Å². The van der Waals surface area contributed by atoms with Crippen LogP contribution in [0.4, 0.5) is 0 Å². The highest BCUT2D eigenvalue weighted by Crippen LogP contribution is 2.29. The second kappa shape index (κ2) is 6.62. The molecule has 0 saturated carbocycles. The van der Waals surface area contributed by atoms with Crippen LogP contribution >= 0.6 is 11.3 Å². The molecule has 2 aromatic carbocycles. The number of benzene rings is 2. The van der Waals surface area contributed by atoms with Gasteiger partial charge in [0.05, 0.1) is 11.9 Å². The maximum absolute atomic E-state index is 11.2. The van der Waals surface area contributed by atoms with Crippen molar-refractivity contribution in [1.29, 1.82) is 0 Å². The Morgan fingerprint density at radius 3 is 2.52 bits per heavy atom. The highest BCUT2D eigenvalue weighted by molar-refractivity contribution is 7.88. The summed E-state index contributed by atoms with van der Waals surface area (Å²) in [5.74, 6) is 0. The zero-order chi connectivity index (χ0) is 16.3. The van der Waals surface area contributed by atoms with Gasteiger partial charge >= 0.3 is 0 Å². The van der Waals surface area contributed by atoms with Crippen LogP contribution in [0.15, 0.2) is 60.0 Å². The van der Waals surface area contributed by atoms with E-state index in [0.29, 0.717) is 0 Å². The highest BCUT2D eigenvalue weighted by atomic mass is 32.2. The molecule has 0 unspecified atom stereocenters. The quantitative estimate of drug-likeness (QED) is 0.770. The summed E-state index contributed by atoms with van der Waals surface area (Å²) in [4.78, 5) is 4.68. The standard InChI is InChI=1S/C17H16N2O2S2/c1-23(20,21)18-11-13-6-5-9-15(10-13)17-19-16(12-22-17)14-7-3-2-4-8-14/h2-10,12,18H,11H2,1H3. The molecule has 23 heavy (non-hydrogen) atoms. The Hall–Kier alpha value is -2.02. The summed E-state index contributed by atoms with van der Waals surface area (Å²) < 4.78 is 24.9. The number of nitrogens with one attached hydrogen (secondary N) is 1. The fourth-order valence-corrected chi connectivity index (χ4v) is 3.43. The molecule has 0 radical (unpaired) electrons. The van der Waals surface area contributed by atoms with E-state index in [4.69, 9.17) is 0 Å². The topological polar surface area (TPSA) is 59.1 Å². The Bertz CT molecular complexity index is 903. The van der Waals surface area contributed by atoms with E-state index in [0.717, 1.165) is 33.6 Å². The average Bonchev–Trinajstić information content (AvgIpc) is 3.03. The monoisotopic (exact) mass is 344 g/mol. The van der Waals surface area contributed by atoms with Crippen LogP contribution in [0.5, 0.6) is 0 Å². The molecule has 1 N–H and O–H groups in total. The molecule has 0 aliphatic carbocycles. The van der Waals surface area contributed by atoms with Crippen molar-refractivity contribution in [3.05, 3.63) is 65.5 Å². The van der Waals surface area contributed by atoms with E-state index >= 15 is 0 Å².